The van der Waals surface area contributed by atoms with Crippen LogP contribution in [0.2, 0.25) is 0 Å². The molecule has 1 saturated heterocycles. The normalized spacial score (nSPS) is 14.2. The van der Waals surface area contributed by atoms with E-state index in [0.717, 1.165) is 32.7 Å². The number of primary amides is 1. The molecule has 32 heavy (non-hydrogen) atoms. The lowest BCUT2D eigenvalue weighted by Crippen LogP contribution is -2.48. The molecule has 0 saturated carbocycles. The maximum absolute atomic E-state index is 12.9. The summed E-state index contributed by atoms with van der Waals surface area (Å²) in [6, 6.07) is 22.2. The van der Waals surface area contributed by atoms with Gasteiger partial charge in [0.2, 0.25) is 5.91 Å². The number of ether oxygens (including phenoxy) is 1. The predicted octanol–water partition coefficient (Wildman–Crippen LogP) is 3.84. The van der Waals surface area contributed by atoms with Crippen molar-refractivity contribution in [3.8, 4) is 11.5 Å². The molecule has 0 unspecified atom stereocenters. The van der Waals surface area contributed by atoms with E-state index in [9.17, 15) is 9.59 Å². The van der Waals surface area contributed by atoms with E-state index >= 15 is 0 Å². The van der Waals surface area contributed by atoms with Crippen LogP contribution in [-0.4, -0.2) is 47.8 Å². The van der Waals surface area contributed by atoms with E-state index in [-0.39, 0.29) is 5.91 Å². The van der Waals surface area contributed by atoms with Gasteiger partial charge in [-0.05, 0) is 66.6 Å². The zero-order valence-corrected chi connectivity index (χ0v) is 18.2. The van der Waals surface area contributed by atoms with Crippen molar-refractivity contribution in [2.75, 3.05) is 26.2 Å². The molecule has 0 bridgehead atoms. The number of hydrogen-bond donors (Lipinski definition) is 1. The summed E-state index contributed by atoms with van der Waals surface area (Å²) in [4.78, 5) is 28.4. The Morgan fingerprint density at radius 2 is 1.38 bits per heavy atom. The lowest BCUT2D eigenvalue weighted by molar-refractivity contribution is 0.0628. The fourth-order valence-corrected chi connectivity index (χ4v) is 3.81. The first-order valence-corrected chi connectivity index (χ1v) is 10.7. The van der Waals surface area contributed by atoms with Gasteiger partial charge in [0.25, 0.3) is 5.91 Å². The SMILES string of the molecule is Cc1ccccc1CN1CCN(C(=O)c2ccc(Oc3ccc(C(N)=O)cc3)cc2)CC1. The second-order valence-corrected chi connectivity index (χ2v) is 8.01. The Hall–Kier alpha value is -3.64. The predicted molar refractivity (Wildman–Crippen MR) is 124 cm³/mol. The van der Waals surface area contributed by atoms with Crippen LogP contribution < -0.4 is 10.5 Å². The molecule has 3 aromatic carbocycles. The minimum Gasteiger partial charge on any atom is -0.457 e. The molecule has 1 heterocycles. The maximum Gasteiger partial charge on any atom is 0.253 e. The summed E-state index contributed by atoms with van der Waals surface area (Å²) in [7, 11) is 0. The first-order chi connectivity index (χ1) is 15.5. The molecule has 1 aliphatic heterocycles. The van der Waals surface area contributed by atoms with E-state index in [4.69, 9.17) is 10.5 Å². The number of amides is 2. The number of carbonyl (C=O) groups excluding carboxylic acids is 2. The highest BCUT2D eigenvalue weighted by atomic mass is 16.5. The second kappa shape index (κ2) is 9.66. The van der Waals surface area contributed by atoms with E-state index in [2.05, 4.69) is 36.1 Å². The van der Waals surface area contributed by atoms with Crippen molar-refractivity contribution in [2.45, 2.75) is 13.5 Å². The monoisotopic (exact) mass is 429 g/mol. The van der Waals surface area contributed by atoms with Crippen molar-refractivity contribution in [3.05, 3.63) is 95.1 Å². The van der Waals surface area contributed by atoms with Crippen molar-refractivity contribution in [2.24, 2.45) is 5.73 Å². The third-order valence-electron chi connectivity index (χ3n) is 5.79. The van der Waals surface area contributed by atoms with Gasteiger partial charge >= 0.3 is 0 Å². The van der Waals surface area contributed by atoms with Gasteiger partial charge in [0.1, 0.15) is 11.5 Å². The largest absolute Gasteiger partial charge is 0.457 e. The number of hydrogen-bond acceptors (Lipinski definition) is 4. The Balaban J connectivity index is 1.31. The molecule has 0 spiro atoms. The van der Waals surface area contributed by atoms with Crippen LogP contribution >= 0.6 is 0 Å². The van der Waals surface area contributed by atoms with Crippen LogP contribution in [0.4, 0.5) is 0 Å². The highest BCUT2D eigenvalue weighted by Crippen LogP contribution is 2.23. The summed E-state index contributed by atoms with van der Waals surface area (Å²) in [6.07, 6.45) is 0. The summed E-state index contributed by atoms with van der Waals surface area (Å²) < 4.78 is 5.79. The smallest absolute Gasteiger partial charge is 0.253 e. The topological polar surface area (TPSA) is 75.9 Å². The molecule has 4 rings (SSSR count). The quantitative estimate of drug-likeness (QED) is 0.646. The standard InChI is InChI=1S/C26H27N3O3/c1-19-4-2-3-5-22(19)18-28-14-16-29(17-15-28)26(31)21-8-12-24(13-9-21)32-23-10-6-20(7-11-23)25(27)30/h2-13H,14-18H2,1H3,(H2,27,30). The summed E-state index contributed by atoms with van der Waals surface area (Å²) in [5.74, 6) is 0.781. The summed E-state index contributed by atoms with van der Waals surface area (Å²) in [5.41, 5.74) is 8.97. The van der Waals surface area contributed by atoms with E-state index < -0.39 is 5.91 Å². The van der Waals surface area contributed by atoms with Crippen molar-refractivity contribution in [1.29, 1.82) is 0 Å². The molecule has 0 atom stereocenters. The molecule has 2 N–H and O–H groups in total. The summed E-state index contributed by atoms with van der Waals surface area (Å²) >= 11 is 0. The number of nitrogens with two attached hydrogens (primary N) is 1. The van der Waals surface area contributed by atoms with Gasteiger partial charge in [-0.2, -0.15) is 0 Å². The molecular weight excluding hydrogens is 402 g/mol. The van der Waals surface area contributed by atoms with Crippen LogP contribution in [0, 0.1) is 6.92 Å². The van der Waals surface area contributed by atoms with Crippen LogP contribution in [0.5, 0.6) is 11.5 Å². The van der Waals surface area contributed by atoms with Gasteiger partial charge in [-0.15, -0.1) is 0 Å². The third kappa shape index (κ3) is 5.15. The molecule has 0 radical (unpaired) electrons. The van der Waals surface area contributed by atoms with E-state index in [1.807, 2.05) is 4.90 Å². The molecule has 164 valence electrons. The highest BCUT2D eigenvalue weighted by Gasteiger charge is 2.22. The van der Waals surface area contributed by atoms with E-state index in [1.165, 1.54) is 11.1 Å². The Morgan fingerprint density at radius 3 is 1.94 bits per heavy atom. The van der Waals surface area contributed by atoms with Crippen molar-refractivity contribution in [3.63, 3.8) is 0 Å². The van der Waals surface area contributed by atoms with Crippen LogP contribution in [0.1, 0.15) is 31.8 Å². The van der Waals surface area contributed by atoms with Gasteiger partial charge in [-0.3, -0.25) is 14.5 Å². The van der Waals surface area contributed by atoms with Crippen LogP contribution in [-0.2, 0) is 6.54 Å². The van der Waals surface area contributed by atoms with Crippen molar-refractivity contribution < 1.29 is 14.3 Å². The Labute approximate surface area is 188 Å². The minimum atomic E-state index is -0.476. The molecule has 1 aliphatic rings. The number of nitrogens with zero attached hydrogens (tertiary/aromatic N) is 2. The average Bonchev–Trinajstić information content (AvgIpc) is 2.81. The average molecular weight is 430 g/mol. The Kier molecular flexibility index (Phi) is 6.52. The van der Waals surface area contributed by atoms with Crippen molar-refractivity contribution >= 4 is 11.8 Å². The van der Waals surface area contributed by atoms with Crippen molar-refractivity contribution in [1.82, 2.24) is 9.80 Å². The molecule has 1 fully saturated rings. The number of benzene rings is 3. The van der Waals surface area contributed by atoms with Gasteiger partial charge in [-0.1, -0.05) is 24.3 Å². The first kappa shape index (κ1) is 21.6. The van der Waals surface area contributed by atoms with Crippen LogP contribution in [0.25, 0.3) is 0 Å². The van der Waals surface area contributed by atoms with Gasteiger partial charge < -0.3 is 15.4 Å². The molecule has 0 aliphatic carbocycles. The zero-order valence-electron chi connectivity index (χ0n) is 18.2. The lowest BCUT2D eigenvalue weighted by atomic mass is 10.1. The molecule has 0 aromatic heterocycles. The van der Waals surface area contributed by atoms with Crippen LogP contribution in [0.15, 0.2) is 72.8 Å². The second-order valence-electron chi connectivity index (χ2n) is 8.01. The number of aryl methyl sites for hydroxylation is 1. The lowest BCUT2D eigenvalue weighted by Gasteiger charge is -2.35. The Bertz CT molecular complexity index is 1090. The minimum absolute atomic E-state index is 0.0397. The maximum atomic E-state index is 12.9. The van der Waals surface area contributed by atoms with Crippen LogP contribution in [0.3, 0.4) is 0 Å². The third-order valence-corrected chi connectivity index (χ3v) is 5.79. The fraction of sp³-hybridized carbons (Fsp3) is 0.231. The van der Waals surface area contributed by atoms with E-state index in [0.29, 0.717) is 22.6 Å². The number of carbonyl (C=O) groups is 2. The zero-order chi connectivity index (χ0) is 22.5. The fourth-order valence-electron chi connectivity index (χ4n) is 3.81. The van der Waals surface area contributed by atoms with E-state index in [1.54, 1.807) is 48.5 Å². The molecular formula is C26H27N3O3. The highest BCUT2D eigenvalue weighted by molar-refractivity contribution is 5.94. The van der Waals surface area contributed by atoms with Gasteiger partial charge in [0.05, 0.1) is 0 Å². The number of rotatable bonds is 6. The molecule has 6 heteroatoms. The summed E-state index contributed by atoms with van der Waals surface area (Å²) in [6.45, 7) is 6.22. The molecule has 2 amide bonds. The van der Waals surface area contributed by atoms with Gasteiger partial charge in [0.15, 0.2) is 0 Å². The Morgan fingerprint density at radius 1 is 0.812 bits per heavy atom. The number of piperazine rings is 1. The van der Waals surface area contributed by atoms with Gasteiger partial charge in [0, 0.05) is 43.9 Å². The molecule has 6 nitrogen and oxygen atoms in total. The van der Waals surface area contributed by atoms with Gasteiger partial charge in [-0.25, -0.2) is 0 Å². The molecule has 3 aromatic rings. The first-order valence-electron chi connectivity index (χ1n) is 10.7. The summed E-state index contributed by atoms with van der Waals surface area (Å²) in [5, 5.41) is 0.